The predicted molar refractivity (Wildman–Crippen MR) is 160 cm³/mol. The average molecular weight is 565 g/mol. The van der Waals surface area contributed by atoms with E-state index in [1.165, 1.54) is 0 Å². The van der Waals surface area contributed by atoms with Gasteiger partial charge in [0, 0.05) is 13.1 Å². The van der Waals surface area contributed by atoms with Crippen molar-refractivity contribution in [3.05, 3.63) is 65.7 Å². The molecule has 0 radical (unpaired) electrons. The van der Waals surface area contributed by atoms with Crippen molar-refractivity contribution < 1.29 is 28.4 Å². The van der Waals surface area contributed by atoms with Crippen LogP contribution in [0.15, 0.2) is 54.6 Å². The fraction of sp³-hybridized carbons (Fsp3) is 0.562. The van der Waals surface area contributed by atoms with Crippen LogP contribution in [0.3, 0.4) is 0 Å². The molecular formula is C32H45BN2O6. The smallest absolute Gasteiger partial charge is 0.445 e. The highest BCUT2D eigenvalue weighted by Gasteiger charge is 2.51. The molecule has 222 valence electrons. The van der Waals surface area contributed by atoms with Gasteiger partial charge in [-0.15, -0.1) is 0 Å². The topological polar surface area (TPSA) is 77.5 Å². The van der Waals surface area contributed by atoms with Crippen molar-refractivity contribution >= 4 is 24.8 Å². The maximum absolute atomic E-state index is 13.7. The summed E-state index contributed by atoms with van der Waals surface area (Å²) < 4.78 is 24.0. The number of benzene rings is 2. The van der Waals surface area contributed by atoms with Gasteiger partial charge in [-0.1, -0.05) is 67.9 Å². The molecule has 8 nitrogen and oxygen atoms in total. The van der Waals surface area contributed by atoms with Crippen molar-refractivity contribution in [3.8, 4) is 0 Å². The van der Waals surface area contributed by atoms with E-state index in [1.807, 2.05) is 108 Å². The highest BCUT2D eigenvalue weighted by atomic mass is 16.7. The maximum atomic E-state index is 13.7. The number of hydrogen-bond acceptors (Lipinski definition) is 6. The lowest BCUT2D eigenvalue weighted by atomic mass is 9.78. The molecule has 2 aromatic rings. The van der Waals surface area contributed by atoms with Gasteiger partial charge in [-0.2, -0.15) is 0 Å². The van der Waals surface area contributed by atoms with Gasteiger partial charge in [-0.25, -0.2) is 9.59 Å². The number of carbonyl (C=O) groups is 2. The minimum absolute atomic E-state index is 0.179. The molecule has 0 aromatic heterocycles. The van der Waals surface area contributed by atoms with Crippen LogP contribution in [0.4, 0.5) is 9.59 Å². The molecular weight excluding hydrogens is 519 g/mol. The van der Waals surface area contributed by atoms with Crippen LogP contribution in [0, 0.1) is 0 Å². The first kappa shape index (κ1) is 30.9. The van der Waals surface area contributed by atoms with Gasteiger partial charge in [0.1, 0.15) is 12.2 Å². The zero-order chi connectivity index (χ0) is 30.0. The van der Waals surface area contributed by atoms with Gasteiger partial charge in [-0.05, 0) is 71.5 Å². The van der Waals surface area contributed by atoms with E-state index in [0.29, 0.717) is 13.1 Å². The summed E-state index contributed by atoms with van der Waals surface area (Å²) in [6.45, 7) is 16.6. The van der Waals surface area contributed by atoms with E-state index >= 15 is 0 Å². The summed E-state index contributed by atoms with van der Waals surface area (Å²) in [5.41, 5.74) is 1.21. The lowest BCUT2D eigenvalue weighted by molar-refractivity contribution is -0.0177. The number of amides is 2. The fourth-order valence-corrected chi connectivity index (χ4v) is 5.20. The van der Waals surface area contributed by atoms with Crippen molar-refractivity contribution in [2.24, 2.45) is 0 Å². The van der Waals surface area contributed by atoms with E-state index in [-0.39, 0.29) is 18.7 Å². The number of ether oxygens (including phenoxy) is 2. The molecule has 2 aliphatic rings. The lowest BCUT2D eigenvalue weighted by Crippen LogP contribution is -2.58. The fourth-order valence-electron chi connectivity index (χ4n) is 5.20. The zero-order valence-corrected chi connectivity index (χ0v) is 25.8. The first-order valence-corrected chi connectivity index (χ1v) is 14.6. The van der Waals surface area contributed by atoms with Gasteiger partial charge < -0.3 is 23.7 Å². The Morgan fingerprint density at radius 1 is 0.927 bits per heavy atom. The molecule has 4 rings (SSSR count). The summed E-state index contributed by atoms with van der Waals surface area (Å²) in [5, 5.41) is 0. The maximum Gasteiger partial charge on any atom is 0.494 e. The van der Waals surface area contributed by atoms with Crippen LogP contribution in [-0.2, 0) is 25.4 Å². The van der Waals surface area contributed by atoms with Crippen LogP contribution in [0.25, 0.3) is 0 Å². The van der Waals surface area contributed by atoms with E-state index in [1.54, 1.807) is 4.90 Å². The summed E-state index contributed by atoms with van der Waals surface area (Å²) in [6.07, 6.45) is 0.802. The Morgan fingerprint density at radius 3 is 2.10 bits per heavy atom. The van der Waals surface area contributed by atoms with Crippen LogP contribution >= 0.6 is 0 Å². The van der Waals surface area contributed by atoms with Crippen LogP contribution in [0.1, 0.15) is 85.4 Å². The summed E-state index contributed by atoms with van der Waals surface area (Å²) in [5.74, 6) is 0. The summed E-state index contributed by atoms with van der Waals surface area (Å²) in [7, 11) is -0.488. The molecule has 0 saturated carbocycles. The second kappa shape index (κ2) is 12.1. The van der Waals surface area contributed by atoms with Gasteiger partial charge in [0.05, 0.1) is 23.3 Å². The monoisotopic (exact) mass is 564 g/mol. The quantitative estimate of drug-likeness (QED) is 0.396. The Labute approximate surface area is 245 Å². The molecule has 2 aliphatic heterocycles. The first-order chi connectivity index (χ1) is 19.2. The standard InChI is InChI=1S/C32H45BN2O6/c1-9-13-26-20-34(28(36)39-30(2,3)4)21-27(35(26)29(37)38-22-23-14-11-10-12-15-23)24-16-18-25(19-17-24)33-40-31(5,6)32(7,8)41-33/h10-12,14-19,26-27H,9,13,20-22H2,1-8H3/t26-,27+/m1/s1. The minimum Gasteiger partial charge on any atom is -0.445 e. The summed E-state index contributed by atoms with van der Waals surface area (Å²) in [6, 6.07) is 16.9. The molecule has 0 N–H and O–H groups in total. The SMILES string of the molecule is CCC[C@@H]1CN(C(=O)OC(C)(C)C)C[C@@H](c2ccc(B3OC(C)(C)C(C)(C)O3)cc2)N1C(=O)OCc1ccccc1. The molecule has 9 heteroatoms. The third-order valence-electron chi connectivity index (χ3n) is 8.09. The average Bonchev–Trinajstić information content (AvgIpc) is 3.13. The number of rotatable bonds is 6. The van der Waals surface area contributed by atoms with Crippen LogP contribution in [0.5, 0.6) is 0 Å². The van der Waals surface area contributed by atoms with E-state index in [0.717, 1.165) is 29.4 Å². The lowest BCUT2D eigenvalue weighted by Gasteiger charge is -2.46. The first-order valence-electron chi connectivity index (χ1n) is 14.6. The van der Waals surface area contributed by atoms with Crippen LogP contribution < -0.4 is 5.46 Å². The molecule has 0 unspecified atom stereocenters. The minimum atomic E-state index is -0.622. The van der Waals surface area contributed by atoms with Gasteiger partial charge in [-0.3, -0.25) is 4.90 Å². The normalized spacial score (nSPS) is 22.0. The number of piperazine rings is 1. The van der Waals surface area contributed by atoms with E-state index in [2.05, 4.69) is 6.92 Å². The molecule has 0 aliphatic carbocycles. The predicted octanol–water partition coefficient (Wildman–Crippen LogP) is 6.09. The van der Waals surface area contributed by atoms with Gasteiger partial charge in [0.2, 0.25) is 0 Å². The highest BCUT2D eigenvalue weighted by Crippen LogP contribution is 2.37. The van der Waals surface area contributed by atoms with Gasteiger partial charge in [0.25, 0.3) is 0 Å². The molecule has 2 heterocycles. The van der Waals surface area contributed by atoms with Gasteiger partial charge >= 0.3 is 19.3 Å². The van der Waals surface area contributed by atoms with Crippen molar-refractivity contribution in [2.45, 2.75) is 104 Å². The summed E-state index contributed by atoms with van der Waals surface area (Å²) in [4.78, 5) is 30.4. The van der Waals surface area contributed by atoms with E-state index in [9.17, 15) is 9.59 Å². The second-order valence-electron chi connectivity index (χ2n) is 13.0. The number of carbonyl (C=O) groups excluding carboxylic acids is 2. The molecule has 2 amide bonds. The Hall–Kier alpha value is -3.04. The number of hydrogen-bond donors (Lipinski definition) is 0. The third-order valence-corrected chi connectivity index (χ3v) is 8.09. The summed E-state index contributed by atoms with van der Waals surface area (Å²) >= 11 is 0. The Bertz CT molecular complexity index is 1180. The second-order valence-corrected chi connectivity index (χ2v) is 13.0. The van der Waals surface area contributed by atoms with Crippen LogP contribution in [0.2, 0.25) is 0 Å². The molecule has 0 bridgehead atoms. The molecule has 2 fully saturated rings. The third kappa shape index (κ3) is 7.25. The van der Waals surface area contributed by atoms with Crippen molar-refractivity contribution in [2.75, 3.05) is 13.1 Å². The molecule has 2 saturated heterocycles. The molecule has 41 heavy (non-hydrogen) atoms. The van der Waals surface area contributed by atoms with E-state index in [4.69, 9.17) is 18.8 Å². The highest BCUT2D eigenvalue weighted by molar-refractivity contribution is 6.62. The Balaban J connectivity index is 1.62. The van der Waals surface area contributed by atoms with Crippen LogP contribution in [-0.4, -0.2) is 65.0 Å². The van der Waals surface area contributed by atoms with Crippen molar-refractivity contribution in [3.63, 3.8) is 0 Å². The Kier molecular flexibility index (Phi) is 9.09. The number of nitrogens with zero attached hydrogens (tertiary/aromatic N) is 2. The molecule has 2 aromatic carbocycles. The Morgan fingerprint density at radius 2 is 1.54 bits per heavy atom. The molecule has 0 spiro atoms. The van der Waals surface area contributed by atoms with Crippen molar-refractivity contribution in [1.29, 1.82) is 0 Å². The van der Waals surface area contributed by atoms with Gasteiger partial charge in [0.15, 0.2) is 0 Å². The molecule has 2 atom stereocenters. The largest absolute Gasteiger partial charge is 0.494 e. The zero-order valence-electron chi connectivity index (χ0n) is 25.8. The van der Waals surface area contributed by atoms with Crippen molar-refractivity contribution in [1.82, 2.24) is 9.80 Å². The van der Waals surface area contributed by atoms with E-state index < -0.39 is 36.1 Å².